The third kappa shape index (κ3) is 3.62. The molecule has 0 amide bonds. The molecule has 1 fully saturated rings. The highest BCUT2D eigenvalue weighted by atomic mass is 16.9. The van der Waals surface area contributed by atoms with Gasteiger partial charge in [0.1, 0.15) is 6.61 Å². The molecule has 0 aromatic rings. The van der Waals surface area contributed by atoms with Crippen LogP contribution in [-0.4, -0.2) is 30.9 Å². The Bertz CT molecular complexity index is 259. The number of hydrogen-bond acceptors (Lipinski definition) is 5. The first-order chi connectivity index (χ1) is 6.93. The maximum absolute atomic E-state index is 11.1. The summed E-state index contributed by atoms with van der Waals surface area (Å²) < 4.78 is 20.6. The molecule has 0 saturated carbocycles. The molecule has 2 unspecified atom stereocenters. The van der Waals surface area contributed by atoms with Crippen LogP contribution >= 0.6 is 0 Å². The quantitative estimate of drug-likeness (QED) is 0.289. The molecule has 86 valence electrons. The minimum atomic E-state index is -1.43. The highest BCUT2D eigenvalue weighted by molar-refractivity contribution is 5.81. The normalized spacial score (nSPS) is 27.9. The van der Waals surface area contributed by atoms with Crippen molar-refractivity contribution < 1.29 is 23.7 Å². The zero-order chi connectivity index (χ0) is 11.5. The van der Waals surface area contributed by atoms with Crippen LogP contribution in [0.5, 0.6) is 0 Å². The minimum absolute atomic E-state index is 0.358. The molecule has 1 saturated heterocycles. The Hall–Kier alpha value is -0.910. The summed E-state index contributed by atoms with van der Waals surface area (Å²) in [6.45, 7) is 9.16. The van der Waals surface area contributed by atoms with Crippen molar-refractivity contribution in [2.24, 2.45) is 0 Å². The fourth-order valence-electron chi connectivity index (χ4n) is 1.12. The number of rotatable bonds is 6. The van der Waals surface area contributed by atoms with E-state index in [1.54, 1.807) is 13.8 Å². The molecule has 1 aliphatic heterocycles. The number of esters is 1. The van der Waals surface area contributed by atoms with Crippen LogP contribution in [0, 0.1) is 0 Å². The van der Waals surface area contributed by atoms with Gasteiger partial charge >= 0.3 is 11.9 Å². The Morgan fingerprint density at radius 3 is 2.73 bits per heavy atom. The van der Waals surface area contributed by atoms with Crippen molar-refractivity contribution >= 4 is 5.97 Å². The van der Waals surface area contributed by atoms with E-state index in [-0.39, 0.29) is 0 Å². The van der Waals surface area contributed by atoms with Crippen molar-refractivity contribution in [2.45, 2.75) is 32.5 Å². The number of carbonyl (C=O) groups excluding carboxylic acids is 1. The number of epoxide rings is 1. The van der Waals surface area contributed by atoms with Crippen molar-refractivity contribution in [1.29, 1.82) is 0 Å². The standard InChI is InChI=1S/C10H16O5/c1-5-8(11)14-10(4,12-6-2)15-9(3)7-13-9/h5H,1,6-7H2,2-4H3. The Labute approximate surface area is 88.9 Å². The molecule has 1 heterocycles. The van der Waals surface area contributed by atoms with Crippen LogP contribution in [0.4, 0.5) is 0 Å². The second-order valence-corrected chi connectivity index (χ2v) is 3.45. The fourth-order valence-corrected chi connectivity index (χ4v) is 1.12. The van der Waals surface area contributed by atoms with E-state index in [0.29, 0.717) is 13.2 Å². The summed E-state index contributed by atoms with van der Waals surface area (Å²) in [7, 11) is 0. The Morgan fingerprint density at radius 1 is 1.73 bits per heavy atom. The summed E-state index contributed by atoms with van der Waals surface area (Å²) in [5.74, 6) is -2.74. The molecular formula is C10H16O5. The zero-order valence-electron chi connectivity index (χ0n) is 9.24. The predicted octanol–water partition coefficient (Wildman–Crippen LogP) is 1.19. The predicted molar refractivity (Wildman–Crippen MR) is 51.8 cm³/mol. The molecule has 0 N–H and O–H groups in total. The van der Waals surface area contributed by atoms with E-state index in [1.165, 1.54) is 6.92 Å². The molecule has 0 spiro atoms. The summed E-state index contributed by atoms with van der Waals surface area (Å²) in [5, 5.41) is 0. The SMILES string of the molecule is C=CC(=O)OC(C)(OCC)OC1(C)CO1. The van der Waals surface area contributed by atoms with E-state index >= 15 is 0 Å². The van der Waals surface area contributed by atoms with Crippen LogP contribution in [0.25, 0.3) is 0 Å². The molecule has 0 aromatic carbocycles. The maximum Gasteiger partial charge on any atom is 0.334 e. The summed E-state index contributed by atoms with van der Waals surface area (Å²) in [4.78, 5) is 11.1. The van der Waals surface area contributed by atoms with Gasteiger partial charge in [0, 0.05) is 13.0 Å². The minimum Gasteiger partial charge on any atom is -0.405 e. The van der Waals surface area contributed by atoms with Crippen molar-refractivity contribution in [3.05, 3.63) is 12.7 Å². The molecule has 1 rings (SSSR count). The molecule has 0 radical (unpaired) electrons. The zero-order valence-corrected chi connectivity index (χ0v) is 9.24. The Kier molecular flexibility index (Phi) is 3.49. The van der Waals surface area contributed by atoms with Gasteiger partial charge < -0.3 is 14.2 Å². The molecule has 2 atom stereocenters. The lowest BCUT2D eigenvalue weighted by Gasteiger charge is -2.29. The van der Waals surface area contributed by atoms with Gasteiger partial charge in [-0.1, -0.05) is 6.58 Å². The van der Waals surface area contributed by atoms with Crippen LogP contribution < -0.4 is 0 Å². The highest BCUT2D eigenvalue weighted by Crippen LogP contribution is 2.33. The van der Waals surface area contributed by atoms with Gasteiger partial charge in [-0.25, -0.2) is 4.79 Å². The Morgan fingerprint density at radius 2 is 2.33 bits per heavy atom. The molecule has 0 aliphatic carbocycles. The summed E-state index contributed by atoms with van der Waals surface area (Å²) in [6.07, 6.45) is 1.05. The van der Waals surface area contributed by atoms with E-state index < -0.39 is 17.7 Å². The first-order valence-corrected chi connectivity index (χ1v) is 4.76. The number of carbonyl (C=O) groups is 1. The Balaban J connectivity index is 2.59. The molecule has 1 aliphatic rings. The first-order valence-electron chi connectivity index (χ1n) is 4.76. The molecule has 0 aromatic heterocycles. The van der Waals surface area contributed by atoms with Gasteiger partial charge in [-0.2, -0.15) is 0 Å². The number of hydrogen-bond donors (Lipinski definition) is 0. The van der Waals surface area contributed by atoms with E-state index in [2.05, 4.69) is 6.58 Å². The van der Waals surface area contributed by atoms with Gasteiger partial charge in [-0.3, -0.25) is 4.74 Å². The van der Waals surface area contributed by atoms with E-state index in [0.717, 1.165) is 6.08 Å². The van der Waals surface area contributed by atoms with Gasteiger partial charge in [0.15, 0.2) is 5.79 Å². The average molecular weight is 216 g/mol. The first kappa shape index (κ1) is 12.2. The largest absolute Gasteiger partial charge is 0.405 e. The van der Waals surface area contributed by atoms with Gasteiger partial charge in [0.2, 0.25) is 0 Å². The third-order valence-corrected chi connectivity index (χ3v) is 1.81. The van der Waals surface area contributed by atoms with Crippen LogP contribution in [0.3, 0.4) is 0 Å². The summed E-state index contributed by atoms with van der Waals surface area (Å²) in [5.41, 5.74) is 0. The molecular weight excluding hydrogens is 200 g/mol. The lowest BCUT2D eigenvalue weighted by Crippen LogP contribution is -2.41. The topological polar surface area (TPSA) is 57.3 Å². The third-order valence-electron chi connectivity index (χ3n) is 1.81. The lowest BCUT2D eigenvalue weighted by molar-refractivity contribution is -0.377. The monoisotopic (exact) mass is 216 g/mol. The van der Waals surface area contributed by atoms with Crippen molar-refractivity contribution in [1.82, 2.24) is 0 Å². The second kappa shape index (κ2) is 4.30. The van der Waals surface area contributed by atoms with E-state index in [9.17, 15) is 4.79 Å². The molecule has 15 heavy (non-hydrogen) atoms. The van der Waals surface area contributed by atoms with Gasteiger partial charge in [0.25, 0.3) is 0 Å². The smallest absolute Gasteiger partial charge is 0.334 e. The van der Waals surface area contributed by atoms with Crippen molar-refractivity contribution in [2.75, 3.05) is 13.2 Å². The summed E-state index contributed by atoms with van der Waals surface area (Å²) >= 11 is 0. The molecule has 0 bridgehead atoms. The van der Waals surface area contributed by atoms with Gasteiger partial charge in [-0.05, 0) is 13.8 Å². The van der Waals surface area contributed by atoms with Gasteiger partial charge in [-0.15, -0.1) is 0 Å². The van der Waals surface area contributed by atoms with Crippen LogP contribution in [-0.2, 0) is 23.7 Å². The number of ether oxygens (including phenoxy) is 4. The van der Waals surface area contributed by atoms with Crippen LogP contribution in [0.15, 0.2) is 12.7 Å². The average Bonchev–Trinajstić information content (AvgIpc) is 2.82. The molecule has 5 heteroatoms. The molecule has 5 nitrogen and oxygen atoms in total. The lowest BCUT2D eigenvalue weighted by atomic mass is 10.4. The summed E-state index contributed by atoms with van der Waals surface area (Å²) in [6, 6.07) is 0. The fraction of sp³-hybridized carbons (Fsp3) is 0.700. The van der Waals surface area contributed by atoms with Crippen LogP contribution in [0.1, 0.15) is 20.8 Å². The highest BCUT2D eigenvalue weighted by Gasteiger charge is 2.49. The van der Waals surface area contributed by atoms with Gasteiger partial charge in [0.05, 0.1) is 6.61 Å². The van der Waals surface area contributed by atoms with E-state index in [4.69, 9.17) is 18.9 Å². The van der Waals surface area contributed by atoms with Crippen molar-refractivity contribution in [3.8, 4) is 0 Å². The van der Waals surface area contributed by atoms with Crippen molar-refractivity contribution in [3.63, 3.8) is 0 Å². The maximum atomic E-state index is 11.1. The second-order valence-electron chi connectivity index (χ2n) is 3.45. The van der Waals surface area contributed by atoms with E-state index in [1.807, 2.05) is 0 Å². The van der Waals surface area contributed by atoms with Crippen LogP contribution in [0.2, 0.25) is 0 Å².